The molecule has 15 heavy (non-hydrogen) atoms. The fourth-order valence-corrected chi connectivity index (χ4v) is 1.38. The number of ether oxygens (including phenoxy) is 3. The average Bonchev–Trinajstić information content (AvgIpc) is 2.27. The molecular weight excluding hydrogens is 203 g/mol. The van der Waals surface area contributed by atoms with Crippen LogP contribution < -0.4 is 14.2 Å². The molecule has 1 rings (SSSR count). The number of benzene rings is 1. The van der Waals surface area contributed by atoms with Gasteiger partial charge in [-0.15, -0.1) is 0 Å². The van der Waals surface area contributed by atoms with E-state index in [-0.39, 0.29) is 29.4 Å². The highest BCUT2D eigenvalue weighted by Gasteiger charge is 2.19. The summed E-state index contributed by atoms with van der Waals surface area (Å²) in [5.74, 6) is -0.132. The van der Waals surface area contributed by atoms with E-state index in [9.17, 15) is 4.39 Å². The van der Waals surface area contributed by atoms with E-state index < -0.39 is 5.82 Å². The van der Waals surface area contributed by atoms with Crippen LogP contribution in [0, 0.1) is 5.82 Å². The normalized spacial score (nSPS) is 9.93. The van der Waals surface area contributed by atoms with Crippen LogP contribution >= 0.6 is 0 Å². The third-order valence-electron chi connectivity index (χ3n) is 2.03. The molecule has 0 radical (unpaired) electrons. The first-order valence-electron chi connectivity index (χ1n) is 4.27. The van der Waals surface area contributed by atoms with Crippen molar-refractivity contribution < 1.29 is 23.7 Å². The number of aliphatic hydroxyl groups excluding tert-OH is 1. The summed E-state index contributed by atoms with van der Waals surface area (Å²) in [6, 6.07) is 1.15. The molecule has 4 nitrogen and oxygen atoms in total. The third kappa shape index (κ3) is 1.97. The van der Waals surface area contributed by atoms with Gasteiger partial charge >= 0.3 is 0 Å². The van der Waals surface area contributed by atoms with Crippen molar-refractivity contribution in [2.24, 2.45) is 0 Å². The second kappa shape index (κ2) is 4.84. The summed E-state index contributed by atoms with van der Waals surface area (Å²) in [7, 11) is 4.13. The Balaban J connectivity index is 3.44. The SMILES string of the molecule is COc1cc(F)c(OC)c(CO)c1OC. The lowest BCUT2D eigenvalue weighted by Crippen LogP contribution is -2.02. The minimum atomic E-state index is -0.598. The number of rotatable bonds is 4. The van der Waals surface area contributed by atoms with Gasteiger partial charge in [-0.1, -0.05) is 0 Å². The fourth-order valence-electron chi connectivity index (χ4n) is 1.38. The van der Waals surface area contributed by atoms with Crippen molar-refractivity contribution in [3.05, 3.63) is 17.4 Å². The van der Waals surface area contributed by atoms with E-state index in [0.717, 1.165) is 6.07 Å². The molecular formula is C10H13FO4. The van der Waals surface area contributed by atoms with Crippen molar-refractivity contribution >= 4 is 0 Å². The predicted molar refractivity (Wildman–Crippen MR) is 52.0 cm³/mol. The van der Waals surface area contributed by atoms with Crippen LogP contribution in [0.15, 0.2) is 6.07 Å². The molecule has 0 aliphatic heterocycles. The van der Waals surface area contributed by atoms with Crippen molar-refractivity contribution in [3.63, 3.8) is 0 Å². The molecule has 0 heterocycles. The zero-order chi connectivity index (χ0) is 11.4. The van der Waals surface area contributed by atoms with Crippen LogP contribution in [0.2, 0.25) is 0 Å². The monoisotopic (exact) mass is 216 g/mol. The zero-order valence-corrected chi connectivity index (χ0v) is 8.83. The van der Waals surface area contributed by atoms with E-state index in [1.807, 2.05) is 0 Å². The molecule has 0 saturated carbocycles. The summed E-state index contributed by atoms with van der Waals surface area (Å²) in [6.07, 6.45) is 0. The van der Waals surface area contributed by atoms with Gasteiger partial charge in [0.2, 0.25) is 0 Å². The van der Waals surface area contributed by atoms with Gasteiger partial charge in [-0.3, -0.25) is 0 Å². The summed E-state index contributed by atoms with van der Waals surface area (Å²) in [5, 5.41) is 9.12. The number of hydrogen-bond acceptors (Lipinski definition) is 4. The van der Waals surface area contributed by atoms with Gasteiger partial charge in [-0.25, -0.2) is 4.39 Å². The Morgan fingerprint density at radius 3 is 2.13 bits per heavy atom. The predicted octanol–water partition coefficient (Wildman–Crippen LogP) is 1.34. The molecule has 0 bridgehead atoms. The Morgan fingerprint density at radius 2 is 1.73 bits per heavy atom. The van der Waals surface area contributed by atoms with Gasteiger partial charge in [0.05, 0.1) is 33.5 Å². The van der Waals surface area contributed by atoms with Crippen molar-refractivity contribution in [2.75, 3.05) is 21.3 Å². The number of methoxy groups -OCH3 is 3. The smallest absolute Gasteiger partial charge is 0.170 e. The Bertz CT molecular complexity index is 352. The molecule has 1 aromatic rings. The van der Waals surface area contributed by atoms with E-state index in [0.29, 0.717) is 0 Å². The van der Waals surface area contributed by atoms with Crippen LogP contribution in [0.4, 0.5) is 4.39 Å². The first kappa shape index (κ1) is 11.6. The van der Waals surface area contributed by atoms with E-state index in [1.54, 1.807) is 0 Å². The first-order valence-corrected chi connectivity index (χ1v) is 4.27. The topological polar surface area (TPSA) is 47.9 Å². The maximum absolute atomic E-state index is 13.4. The van der Waals surface area contributed by atoms with Crippen LogP contribution in [-0.2, 0) is 6.61 Å². The van der Waals surface area contributed by atoms with E-state index >= 15 is 0 Å². The van der Waals surface area contributed by atoms with Gasteiger partial charge in [-0.2, -0.15) is 0 Å². The van der Waals surface area contributed by atoms with E-state index in [4.69, 9.17) is 19.3 Å². The Kier molecular flexibility index (Phi) is 3.74. The lowest BCUT2D eigenvalue weighted by molar-refractivity contribution is 0.257. The summed E-state index contributed by atoms with van der Waals surface area (Å²) in [4.78, 5) is 0. The van der Waals surface area contributed by atoms with Crippen molar-refractivity contribution in [2.45, 2.75) is 6.61 Å². The molecule has 84 valence electrons. The third-order valence-corrected chi connectivity index (χ3v) is 2.03. The fraction of sp³-hybridized carbons (Fsp3) is 0.400. The van der Waals surface area contributed by atoms with Crippen LogP contribution in [0.25, 0.3) is 0 Å². The highest BCUT2D eigenvalue weighted by atomic mass is 19.1. The molecule has 1 N–H and O–H groups in total. The summed E-state index contributed by atoms with van der Waals surface area (Å²) >= 11 is 0. The standard InChI is InChI=1S/C10H13FO4/c1-13-8-4-7(11)9(14-2)6(5-12)10(8)15-3/h4,12H,5H2,1-3H3. The van der Waals surface area contributed by atoms with Crippen molar-refractivity contribution in [3.8, 4) is 17.2 Å². The van der Waals surface area contributed by atoms with Gasteiger partial charge in [0, 0.05) is 6.07 Å². The van der Waals surface area contributed by atoms with Gasteiger partial charge in [0.15, 0.2) is 23.1 Å². The second-order valence-electron chi connectivity index (χ2n) is 2.76. The molecule has 0 atom stereocenters. The minimum absolute atomic E-state index is 0.0323. The average molecular weight is 216 g/mol. The largest absolute Gasteiger partial charge is 0.493 e. The Morgan fingerprint density at radius 1 is 1.13 bits per heavy atom. The van der Waals surface area contributed by atoms with Crippen LogP contribution in [-0.4, -0.2) is 26.4 Å². The molecule has 0 unspecified atom stereocenters. The highest BCUT2D eigenvalue weighted by Crippen LogP contribution is 2.39. The molecule has 0 aliphatic carbocycles. The molecule has 0 saturated heterocycles. The molecule has 0 aromatic heterocycles. The number of aliphatic hydroxyl groups is 1. The molecule has 5 heteroatoms. The lowest BCUT2D eigenvalue weighted by atomic mass is 10.1. The molecule has 0 spiro atoms. The molecule has 0 aliphatic rings. The maximum Gasteiger partial charge on any atom is 0.170 e. The Hall–Kier alpha value is -1.49. The first-order chi connectivity index (χ1) is 7.19. The Labute approximate surface area is 87.2 Å². The van der Waals surface area contributed by atoms with Gasteiger partial charge in [0.25, 0.3) is 0 Å². The minimum Gasteiger partial charge on any atom is -0.493 e. The van der Waals surface area contributed by atoms with E-state index in [1.165, 1.54) is 21.3 Å². The quantitative estimate of drug-likeness (QED) is 0.825. The zero-order valence-electron chi connectivity index (χ0n) is 8.83. The van der Waals surface area contributed by atoms with Crippen molar-refractivity contribution in [1.29, 1.82) is 0 Å². The van der Waals surface area contributed by atoms with Gasteiger partial charge in [0.1, 0.15) is 0 Å². The van der Waals surface area contributed by atoms with Gasteiger partial charge in [-0.05, 0) is 0 Å². The highest BCUT2D eigenvalue weighted by molar-refractivity contribution is 5.54. The number of hydrogen-bond donors (Lipinski definition) is 1. The number of halogens is 1. The van der Waals surface area contributed by atoms with Crippen LogP contribution in [0.5, 0.6) is 17.2 Å². The maximum atomic E-state index is 13.4. The second-order valence-corrected chi connectivity index (χ2v) is 2.76. The molecule has 1 aromatic carbocycles. The van der Waals surface area contributed by atoms with E-state index in [2.05, 4.69) is 0 Å². The molecule has 0 fully saturated rings. The van der Waals surface area contributed by atoms with Crippen LogP contribution in [0.3, 0.4) is 0 Å². The lowest BCUT2D eigenvalue weighted by Gasteiger charge is -2.15. The van der Waals surface area contributed by atoms with Crippen molar-refractivity contribution in [1.82, 2.24) is 0 Å². The molecule has 0 amide bonds. The van der Waals surface area contributed by atoms with Crippen LogP contribution in [0.1, 0.15) is 5.56 Å². The summed E-state index contributed by atoms with van der Waals surface area (Å²) in [6.45, 7) is -0.388. The van der Waals surface area contributed by atoms with Gasteiger partial charge < -0.3 is 19.3 Å². The summed E-state index contributed by atoms with van der Waals surface area (Å²) in [5.41, 5.74) is 0.233. The summed E-state index contributed by atoms with van der Waals surface area (Å²) < 4.78 is 28.2.